The van der Waals surface area contributed by atoms with Crippen molar-refractivity contribution < 1.29 is 14.5 Å². The van der Waals surface area contributed by atoms with Crippen molar-refractivity contribution in [3.05, 3.63) is 51.0 Å². The number of non-ortho nitro benzene ring substituents is 1. The van der Waals surface area contributed by atoms with E-state index in [0.29, 0.717) is 23.0 Å². The Morgan fingerprint density at radius 2 is 2.14 bits per heavy atom. The van der Waals surface area contributed by atoms with Crippen LogP contribution in [0.1, 0.15) is 54.4 Å². The van der Waals surface area contributed by atoms with Crippen molar-refractivity contribution in [1.82, 2.24) is 9.88 Å². The minimum absolute atomic E-state index is 0.116. The van der Waals surface area contributed by atoms with Crippen molar-refractivity contribution in [2.75, 3.05) is 5.32 Å². The molecule has 9 heteroatoms. The summed E-state index contributed by atoms with van der Waals surface area (Å²) in [7, 11) is 0. The third kappa shape index (κ3) is 4.14. The number of aromatic nitrogens is 1. The van der Waals surface area contributed by atoms with E-state index in [1.165, 1.54) is 29.9 Å². The molecule has 4 rings (SSSR count). The minimum Gasteiger partial charge on any atom is -0.322 e. The van der Waals surface area contributed by atoms with Gasteiger partial charge in [-0.05, 0) is 24.0 Å². The van der Waals surface area contributed by atoms with Crippen LogP contribution in [0.25, 0.3) is 0 Å². The molecule has 0 unspecified atom stereocenters. The molecule has 1 aliphatic heterocycles. The summed E-state index contributed by atoms with van der Waals surface area (Å²) in [5, 5.41) is 16.2. The van der Waals surface area contributed by atoms with Gasteiger partial charge in [-0.3, -0.25) is 19.7 Å². The van der Waals surface area contributed by atoms with Gasteiger partial charge in [-0.1, -0.05) is 32.1 Å². The molecular weight excluding hydrogens is 392 g/mol. The summed E-state index contributed by atoms with van der Waals surface area (Å²) in [6.45, 7) is 0.287. The molecule has 1 atom stereocenters. The van der Waals surface area contributed by atoms with Gasteiger partial charge in [0, 0.05) is 30.3 Å². The van der Waals surface area contributed by atoms with Gasteiger partial charge in [0.15, 0.2) is 5.13 Å². The summed E-state index contributed by atoms with van der Waals surface area (Å²) in [5.74, 6) is -0.179. The van der Waals surface area contributed by atoms with Gasteiger partial charge in [-0.15, -0.1) is 11.3 Å². The molecule has 1 aliphatic carbocycles. The number of hydrogen-bond donors (Lipinski definition) is 1. The van der Waals surface area contributed by atoms with Crippen LogP contribution in [0.4, 0.5) is 10.8 Å². The van der Waals surface area contributed by atoms with Crippen molar-refractivity contribution in [3.63, 3.8) is 0 Å². The number of rotatable bonds is 6. The number of carbonyl (C=O) groups excluding carboxylic acids is 2. The molecule has 2 amide bonds. The van der Waals surface area contributed by atoms with E-state index in [2.05, 4.69) is 10.3 Å². The van der Waals surface area contributed by atoms with Gasteiger partial charge in [0.05, 0.1) is 10.5 Å². The molecule has 2 aromatic rings. The van der Waals surface area contributed by atoms with E-state index in [-0.39, 0.29) is 24.0 Å². The van der Waals surface area contributed by atoms with Crippen molar-refractivity contribution in [2.24, 2.45) is 5.92 Å². The molecule has 1 saturated carbocycles. The van der Waals surface area contributed by atoms with Crippen molar-refractivity contribution >= 4 is 34.0 Å². The molecule has 8 nitrogen and oxygen atoms in total. The van der Waals surface area contributed by atoms with E-state index < -0.39 is 11.0 Å². The van der Waals surface area contributed by atoms with E-state index >= 15 is 0 Å². The molecule has 1 aromatic carbocycles. The number of nitrogens with one attached hydrogen (secondary N) is 1. The van der Waals surface area contributed by atoms with Gasteiger partial charge in [-0.25, -0.2) is 4.98 Å². The zero-order valence-corrected chi connectivity index (χ0v) is 16.7. The maximum absolute atomic E-state index is 13.1. The molecule has 1 N–H and O–H groups in total. The Labute approximate surface area is 172 Å². The monoisotopic (exact) mass is 414 g/mol. The van der Waals surface area contributed by atoms with E-state index in [9.17, 15) is 19.7 Å². The third-order valence-corrected chi connectivity index (χ3v) is 6.45. The number of anilines is 1. The second-order valence-corrected chi connectivity index (χ2v) is 8.51. The number of thiazole rings is 1. The maximum atomic E-state index is 13.1. The standard InChI is InChI=1S/C20H22N4O4S/c25-18(22-20-21-8-9-29-20)17(10-13-4-2-1-3-5-13)23-12-14-6-7-15(24(27)28)11-16(14)19(23)26/h6-9,11,13,17H,1-5,10,12H2,(H,21,22,25)/t17-/m1/s1. The van der Waals surface area contributed by atoms with Crippen LogP contribution in [0.15, 0.2) is 29.8 Å². The van der Waals surface area contributed by atoms with Crippen molar-refractivity contribution in [1.29, 1.82) is 0 Å². The van der Waals surface area contributed by atoms with Crippen molar-refractivity contribution in [3.8, 4) is 0 Å². The Morgan fingerprint density at radius 1 is 1.34 bits per heavy atom. The quantitative estimate of drug-likeness (QED) is 0.568. The number of nitrogens with zero attached hydrogens (tertiary/aromatic N) is 3. The molecule has 0 bridgehead atoms. The topological polar surface area (TPSA) is 105 Å². The highest BCUT2D eigenvalue weighted by Crippen LogP contribution is 2.33. The van der Waals surface area contributed by atoms with E-state index in [0.717, 1.165) is 31.2 Å². The molecule has 1 fully saturated rings. The zero-order chi connectivity index (χ0) is 20.4. The van der Waals surface area contributed by atoms with Gasteiger partial charge in [0.2, 0.25) is 5.91 Å². The van der Waals surface area contributed by atoms with E-state index in [1.54, 1.807) is 22.5 Å². The molecule has 0 spiro atoms. The van der Waals surface area contributed by atoms with Gasteiger partial charge < -0.3 is 10.2 Å². The first-order valence-corrected chi connectivity index (χ1v) is 10.7. The largest absolute Gasteiger partial charge is 0.322 e. The lowest BCUT2D eigenvalue weighted by Crippen LogP contribution is -2.45. The summed E-state index contributed by atoms with van der Waals surface area (Å²) in [6.07, 6.45) is 7.83. The van der Waals surface area contributed by atoms with Crippen LogP contribution in [-0.4, -0.2) is 32.7 Å². The average molecular weight is 414 g/mol. The molecule has 2 heterocycles. The van der Waals surface area contributed by atoms with E-state index in [1.807, 2.05) is 0 Å². The summed E-state index contributed by atoms with van der Waals surface area (Å²) in [5.41, 5.74) is 0.918. The number of amides is 2. The number of carbonyl (C=O) groups is 2. The Hall–Kier alpha value is -2.81. The maximum Gasteiger partial charge on any atom is 0.270 e. The minimum atomic E-state index is -0.624. The van der Waals surface area contributed by atoms with Gasteiger partial charge in [0.25, 0.3) is 11.6 Å². The summed E-state index contributed by atoms with van der Waals surface area (Å²) in [4.78, 5) is 42.4. The number of nitro benzene ring substituents is 1. The van der Waals surface area contributed by atoms with Crippen LogP contribution in [0.2, 0.25) is 0 Å². The first kappa shape index (κ1) is 19.5. The fourth-order valence-electron chi connectivity index (χ4n) is 4.27. The van der Waals surface area contributed by atoms with E-state index in [4.69, 9.17) is 0 Å². The highest BCUT2D eigenvalue weighted by molar-refractivity contribution is 7.13. The lowest BCUT2D eigenvalue weighted by atomic mass is 9.84. The van der Waals surface area contributed by atoms with Crippen LogP contribution < -0.4 is 5.32 Å². The molecule has 1 aromatic heterocycles. The predicted octanol–water partition coefficient (Wildman–Crippen LogP) is 3.98. The second-order valence-electron chi connectivity index (χ2n) is 7.61. The predicted molar refractivity (Wildman–Crippen MR) is 109 cm³/mol. The molecule has 29 heavy (non-hydrogen) atoms. The van der Waals surface area contributed by atoms with Crippen LogP contribution in [0.3, 0.4) is 0 Å². The molecule has 2 aliphatic rings. The smallest absolute Gasteiger partial charge is 0.270 e. The van der Waals surface area contributed by atoms with Crippen LogP contribution >= 0.6 is 11.3 Å². The lowest BCUT2D eigenvalue weighted by molar-refractivity contribution is -0.384. The Morgan fingerprint density at radius 3 is 2.83 bits per heavy atom. The Kier molecular flexibility index (Phi) is 5.57. The molecular formula is C20H22N4O4S. The van der Waals surface area contributed by atoms with Gasteiger partial charge >= 0.3 is 0 Å². The van der Waals surface area contributed by atoms with Crippen LogP contribution in [0.5, 0.6) is 0 Å². The third-order valence-electron chi connectivity index (χ3n) is 5.76. The fourth-order valence-corrected chi connectivity index (χ4v) is 4.80. The van der Waals surface area contributed by atoms with Crippen LogP contribution in [0, 0.1) is 16.0 Å². The zero-order valence-electron chi connectivity index (χ0n) is 15.9. The Balaban J connectivity index is 1.58. The first-order chi connectivity index (χ1) is 14.0. The fraction of sp³-hybridized carbons (Fsp3) is 0.450. The highest BCUT2D eigenvalue weighted by Gasteiger charge is 2.38. The lowest BCUT2D eigenvalue weighted by Gasteiger charge is -2.31. The molecule has 0 saturated heterocycles. The van der Waals surface area contributed by atoms with Gasteiger partial charge in [0.1, 0.15) is 6.04 Å². The molecule has 152 valence electrons. The normalized spacial score (nSPS) is 17.8. The molecule has 0 radical (unpaired) electrons. The first-order valence-electron chi connectivity index (χ1n) is 9.81. The summed E-state index contributed by atoms with van der Waals surface area (Å²) < 4.78 is 0. The van der Waals surface area contributed by atoms with Crippen LogP contribution in [-0.2, 0) is 11.3 Å². The number of benzene rings is 1. The van der Waals surface area contributed by atoms with Crippen molar-refractivity contribution in [2.45, 2.75) is 51.1 Å². The number of hydrogen-bond acceptors (Lipinski definition) is 6. The number of nitro groups is 1. The summed E-state index contributed by atoms with van der Waals surface area (Å²) in [6, 6.07) is 3.71. The SMILES string of the molecule is O=C(Nc1nccs1)[C@@H](CC1CCCCC1)N1Cc2ccc([N+](=O)[O-])cc2C1=O. The highest BCUT2D eigenvalue weighted by atomic mass is 32.1. The number of fused-ring (bicyclic) bond motifs is 1. The average Bonchev–Trinajstić information content (AvgIpc) is 3.34. The summed E-state index contributed by atoms with van der Waals surface area (Å²) >= 11 is 1.33. The second kappa shape index (κ2) is 8.28. The van der Waals surface area contributed by atoms with Gasteiger partial charge in [-0.2, -0.15) is 0 Å². The Bertz CT molecular complexity index is 925.